The van der Waals surface area contributed by atoms with E-state index in [1.54, 1.807) is 6.20 Å². The highest BCUT2D eigenvalue weighted by Gasteiger charge is 2.26. The number of aromatic amines is 1. The lowest BCUT2D eigenvalue weighted by Gasteiger charge is -2.33. The highest BCUT2D eigenvalue weighted by molar-refractivity contribution is 5.97. The number of amides is 1. The number of nitrogens with zero attached hydrogens (tertiary/aromatic N) is 1. The highest BCUT2D eigenvalue weighted by atomic mass is 16.1. The first kappa shape index (κ1) is 10.3. The van der Waals surface area contributed by atoms with Crippen LogP contribution in [0, 0.1) is 5.92 Å². The molecule has 4 nitrogen and oxygen atoms in total. The van der Waals surface area contributed by atoms with Crippen molar-refractivity contribution in [2.75, 3.05) is 0 Å². The van der Waals surface area contributed by atoms with Gasteiger partial charge in [0.1, 0.15) is 0 Å². The van der Waals surface area contributed by atoms with Crippen molar-refractivity contribution in [3.8, 4) is 0 Å². The van der Waals surface area contributed by atoms with Crippen molar-refractivity contribution >= 4 is 16.8 Å². The molecule has 88 valence electrons. The second kappa shape index (κ2) is 3.87. The summed E-state index contributed by atoms with van der Waals surface area (Å²) >= 11 is 0. The fraction of sp³-hybridized carbons (Fsp3) is 0.385. The second-order valence-electron chi connectivity index (χ2n) is 4.92. The number of fused-ring (bicyclic) bond motifs is 1. The molecule has 17 heavy (non-hydrogen) atoms. The zero-order valence-electron chi connectivity index (χ0n) is 9.73. The summed E-state index contributed by atoms with van der Waals surface area (Å²) in [6, 6.07) is 5.96. The van der Waals surface area contributed by atoms with Crippen LogP contribution in [0.25, 0.3) is 10.9 Å². The van der Waals surface area contributed by atoms with Gasteiger partial charge in [0.2, 0.25) is 0 Å². The number of carbonyl (C=O) groups is 1. The van der Waals surface area contributed by atoms with E-state index in [2.05, 4.69) is 22.4 Å². The topological polar surface area (TPSA) is 57.8 Å². The maximum atomic E-state index is 12.0. The van der Waals surface area contributed by atoms with Crippen molar-refractivity contribution in [2.45, 2.75) is 25.8 Å². The molecule has 0 atom stereocenters. The average Bonchev–Trinajstić information content (AvgIpc) is 2.73. The Bertz CT molecular complexity index is 555. The van der Waals surface area contributed by atoms with Crippen molar-refractivity contribution in [3.05, 3.63) is 30.0 Å². The van der Waals surface area contributed by atoms with E-state index in [-0.39, 0.29) is 5.91 Å². The van der Waals surface area contributed by atoms with Gasteiger partial charge in [-0.1, -0.05) is 13.0 Å². The van der Waals surface area contributed by atoms with E-state index in [0.717, 1.165) is 29.7 Å². The fourth-order valence-electron chi connectivity index (χ4n) is 2.37. The fourth-order valence-corrected chi connectivity index (χ4v) is 2.37. The summed E-state index contributed by atoms with van der Waals surface area (Å²) < 4.78 is 0. The summed E-state index contributed by atoms with van der Waals surface area (Å²) in [5.74, 6) is 0.758. The molecule has 0 saturated heterocycles. The second-order valence-corrected chi connectivity index (χ2v) is 4.92. The maximum absolute atomic E-state index is 12.0. The molecule has 0 spiro atoms. The van der Waals surface area contributed by atoms with Gasteiger partial charge < -0.3 is 5.32 Å². The van der Waals surface area contributed by atoms with Gasteiger partial charge in [-0.05, 0) is 30.9 Å². The van der Waals surface area contributed by atoms with Gasteiger partial charge in [-0.3, -0.25) is 9.89 Å². The molecule has 0 radical (unpaired) electrons. The number of carbonyl (C=O) groups excluding carboxylic acids is 1. The van der Waals surface area contributed by atoms with Crippen molar-refractivity contribution < 1.29 is 4.79 Å². The molecule has 0 bridgehead atoms. The Morgan fingerprint density at radius 1 is 1.47 bits per heavy atom. The third-order valence-corrected chi connectivity index (χ3v) is 3.41. The Labute approximate surface area is 99.4 Å². The van der Waals surface area contributed by atoms with E-state index >= 15 is 0 Å². The minimum atomic E-state index is 0.0124. The van der Waals surface area contributed by atoms with Gasteiger partial charge in [0, 0.05) is 17.0 Å². The maximum Gasteiger partial charge on any atom is 0.251 e. The smallest absolute Gasteiger partial charge is 0.251 e. The van der Waals surface area contributed by atoms with Crippen LogP contribution in [0.5, 0.6) is 0 Å². The predicted molar refractivity (Wildman–Crippen MR) is 65.7 cm³/mol. The quantitative estimate of drug-likeness (QED) is 0.828. The lowest BCUT2D eigenvalue weighted by molar-refractivity contribution is 0.0896. The van der Waals surface area contributed by atoms with Crippen LogP contribution in [-0.4, -0.2) is 22.1 Å². The summed E-state index contributed by atoms with van der Waals surface area (Å²) in [5, 5.41) is 10.9. The molecule has 1 aliphatic carbocycles. The summed E-state index contributed by atoms with van der Waals surface area (Å²) in [7, 11) is 0. The first-order valence-electron chi connectivity index (χ1n) is 5.96. The minimum Gasteiger partial charge on any atom is -0.349 e. The normalized spacial score (nSPS) is 23.4. The lowest BCUT2D eigenvalue weighted by Crippen LogP contribution is -2.43. The highest BCUT2D eigenvalue weighted by Crippen LogP contribution is 2.26. The van der Waals surface area contributed by atoms with Crippen LogP contribution in [-0.2, 0) is 0 Å². The molecule has 4 heteroatoms. The van der Waals surface area contributed by atoms with E-state index in [1.807, 2.05) is 18.2 Å². The van der Waals surface area contributed by atoms with Crippen molar-refractivity contribution in [2.24, 2.45) is 5.92 Å². The summed E-state index contributed by atoms with van der Waals surface area (Å²) in [6.45, 7) is 2.21. The number of H-pyrrole nitrogens is 1. The third-order valence-electron chi connectivity index (χ3n) is 3.41. The van der Waals surface area contributed by atoms with Crippen LogP contribution >= 0.6 is 0 Å². The van der Waals surface area contributed by atoms with Gasteiger partial charge in [0.25, 0.3) is 5.91 Å². The molecule has 1 aromatic carbocycles. The number of hydrogen-bond donors (Lipinski definition) is 2. The molecule has 1 aliphatic rings. The average molecular weight is 229 g/mol. The van der Waals surface area contributed by atoms with E-state index in [0.29, 0.717) is 11.6 Å². The Balaban J connectivity index is 1.76. The molecule has 1 heterocycles. The first-order valence-corrected chi connectivity index (χ1v) is 5.96. The lowest BCUT2D eigenvalue weighted by atomic mass is 9.82. The van der Waals surface area contributed by atoms with Crippen LogP contribution in [0.15, 0.2) is 24.4 Å². The molecule has 2 aromatic rings. The Kier molecular flexibility index (Phi) is 2.35. The predicted octanol–water partition coefficient (Wildman–Crippen LogP) is 2.09. The van der Waals surface area contributed by atoms with Crippen LogP contribution in [0.1, 0.15) is 30.1 Å². The monoisotopic (exact) mass is 229 g/mol. The zero-order chi connectivity index (χ0) is 11.8. The van der Waals surface area contributed by atoms with Crippen LogP contribution in [0.3, 0.4) is 0 Å². The molecule has 0 unspecified atom stereocenters. The van der Waals surface area contributed by atoms with E-state index in [1.165, 1.54) is 0 Å². The number of nitrogens with one attached hydrogen (secondary N) is 2. The number of rotatable bonds is 2. The summed E-state index contributed by atoms with van der Waals surface area (Å²) in [6.07, 6.45) is 3.95. The van der Waals surface area contributed by atoms with Gasteiger partial charge >= 0.3 is 0 Å². The Morgan fingerprint density at radius 2 is 2.29 bits per heavy atom. The molecule has 3 rings (SSSR count). The number of hydrogen-bond acceptors (Lipinski definition) is 2. The number of benzene rings is 1. The van der Waals surface area contributed by atoms with Crippen LogP contribution < -0.4 is 5.32 Å². The standard InChI is InChI=1S/C13H15N3O/c1-8-4-11(5-8)15-13(17)9-2-3-10-7-14-16-12(10)6-9/h2-3,6-8,11H,4-5H2,1H3,(H,14,16)(H,15,17). The Hall–Kier alpha value is -1.84. The largest absolute Gasteiger partial charge is 0.349 e. The van der Waals surface area contributed by atoms with Gasteiger partial charge in [0.05, 0.1) is 11.7 Å². The molecule has 0 aliphatic heterocycles. The van der Waals surface area contributed by atoms with Crippen LogP contribution in [0.4, 0.5) is 0 Å². The SMILES string of the molecule is CC1CC(NC(=O)c2ccc3cn[nH]c3c2)C1. The van der Waals surface area contributed by atoms with Gasteiger partial charge in [-0.25, -0.2) is 0 Å². The molecular formula is C13H15N3O. The molecular weight excluding hydrogens is 214 g/mol. The summed E-state index contributed by atoms with van der Waals surface area (Å²) in [4.78, 5) is 12.0. The third kappa shape index (κ3) is 1.90. The van der Waals surface area contributed by atoms with Crippen LogP contribution in [0.2, 0.25) is 0 Å². The minimum absolute atomic E-state index is 0.0124. The van der Waals surface area contributed by atoms with Crippen molar-refractivity contribution in [1.82, 2.24) is 15.5 Å². The van der Waals surface area contributed by atoms with Crippen molar-refractivity contribution in [3.63, 3.8) is 0 Å². The van der Waals surface area contributed by atoms with E-state index in [4.69, 9.17) is 0 Å². The zero-order valence-corrected chi connectivity index (χ0v) is 9.73. The van der Waals surface area contributed by atoms with Crippen molar-refractivity contribution in [1.29, 1.82) is 0 Å². The molecule has 1 aromatic heterocycles. The van der Waals surface area contributed by atoms with Gasteiger partial charge in [0.15, 0.2) is 0 Å². The Morgan fingerprint density at radius 3 is 3.06 bits per heavy atom. The van der Waals surface area contributed by atoms with Gasteiger partial charge in [-0.2, -0.15) is 5.10 Å². The first-order chi connectivity index (χ1) is 8.22. The summed E-state index contributed by atoms with van der Waals surface area (Å²) in [5.41, 5.74) is 1.60. The molecule has 1 amide bonds. The van der Waals surface area contributed by atoms with Gasteiger partial charge in [-0.15, -0.1) is 0 Å². The molecule has 1 saturated carbocycles. The van der Waals surface area contributed by atoms with E-state index in [9.17, 15) is 4.79 Å². The number of aromatic nitrogens is 2. The van der Waals surface area contributed by atoms with E-state index < -0.39 is 0 Å². The molecule has 2 N–H and O–H groups in total. The molecule has 1 fully saturated rings.